The van der Waals surface area contributed by atoms with E-state index < -0.39 is 0 Å². The highest BCUT2D eigenvalue weighted by molar-refractivity contribution is 6.31. The summed E-state index contributed by atoms with van der Waals surface area (Å²) in [6.45, 7) is 1.61. The minimum atomic E-state index is 0.0525. The third kappa shape index (κ3) is 3.96. The Bertz CT molecular complexity index is 804. The second-order valence-electron chi connectivity index (χ2n) is 6.92. The molecule has 1 aliphatic heterocycles. The minimum Gasteiger partial charge on any atom is -0.486 e. The molecule has 0 saturated heterocycles. The van der Waals surface area contributed by atoms with Gasteiger partial charge in [-0.15, -0.1) is 0 Å². The molecule has 2 aromatic carbocycles. The topological polar surface area (TPSA) is 47.6 Å². The lowest BCUT2D eigenvalue weighted by molar-refractivity contribution is -0.121. The maximum absolute atomic E-state index is 12.5. The summed E-state index contributed by atoms with van der Waals surface area (Å²) in [7, 11) is 0. The Morgan fingerprint density at radius 1 is 1.12 bits per heavy atom. The molecule has 0 bridgehead atoms. The normalized spacial score (nSPS) is 16.8. The Hall–Kier alpha value is -2.20. The molecule has 0 radical (unpaired) electrons. The average Bonchev–Trinajstić information content (AvgIpc) is 3.50. The van der Waals surface area contributed by atoms with Crippen molar-refractivity contribution in [3.05, 3.63) is 58.6 Å². The van der Waals surface area contributed by atoms with Crippen molar-refractivity contribution in [3.63, 3.8) is 0 Å². The second-order valence-corrected chi connectivity index (χ2v) is 7.33. The lowest BCUT2D eigenvalue weighted by Crippen LogP contribution is -2.25. The van der Waals surface area contributed by atoms with Gasteiger partial charge in [-0.1, -0.05) is 35.9 Å². The fourth-order valence-corrected chi connectivity index (χ4v) is 3.66. The molecule has 4 nitrogen and oxygen atoms in total. The highest BCUT2D eigenvalue weighted by atomic mass is 35.5. The van der Waals surface area contributed by atoms with Gasteiger partial charge in [0.05, 0.1) is 0 Å². The molecule has 0 spiro atoms. The van der Waals surface area contributed by atoms with Crippen molar-refractivity contribution in [2.24, 2.45) is 5.92 Å². The first-order chi connectivity index (χ1) is 12.7. The van der Waals surface area contributed by atoms with E-state index in [1.807, 2.05) is 36.4 Å². The Morgan fingerprint density at radius 2 is 1.88 bits per heavy atom. The molecule has 1 fully saturated rings. The molecule has 4 rings (SSSR count). The van der Waals surface area contributed by atoms with Crippen LogP contribution in [0.4, 0.5) is 0 Å². The molecular formula is C21H22ClNO3. The molecule has 1 atom stereocenters. The number of carbonyl (C=O) groups is 1. The van der Waals surface area contributed by atoms with Gasteiger partial charge in [-0.3, -0.25) is 4.79 Å². The number of hydrogen-bond donors (Lipinski definition) is 1. The van der Waals surface area contributed by atoms with Crippen LogP contribution in [0.3, 0.4) is 0 Å². The molecule has 1 saturated carbocycles. The summed E-state index contributed by atoms with van der Waals surface area (Å²) in [6, 6.07) is 13.7. The maximum Gasteiger partial charge on any atom is 0.220 e. The van der Waals surface area contributed by atoms with Crippen LogP contribution in [0.5, 0.6) is 11.5 Å². The van der Waals surface area contributed by atoms with Crippen LogP contribution in [-0.4, -0.2) is 19.1 Å². The van der Waals surface area contributed by atoms with E-state index >= 15 is 0 Å². The second kappa shape index (κ2) is 7.58. The van der Waals surface area contributed by atoms with Gasteiger partial charge in [0, 0.05) is 18.0 Å². The molecule has 2 aliphatic rings. The molecule has 0 aromatic heterocycles. The summed E-state index contributed by atoms with van der Waals surface area (Å²) in [5.74, 6) is 2.42. The van der Waals surface area contributed by atoms with E-state index in [9.17, 15) is 4.79 Å². The Labute approximate surface area is 158 Å². The van der Waals surface area contributed by atoms with Crippen molar-refractivity contribution in [1.82, 2.24) is 5.32 Å². The average molecular weight is 372 g/mol. The molecule has 26 heavy (non-hydrogen) atoms. The molecule has 1 aliphatic carbocycles. The number of benzene rings is 2. The first-order valence-corrected chi connectivity index (χ1v) is 9.48. The Balaban J connectivity index is 1.42. The van der Waals surface area contributed by atoms with E-state index in [2.05, 4.69) is 11.4 Å². The van der Waals surface area contributed by atoms with Gasteiger partial charge in [0.1, 0.15) is 13.2 Å². The van der Waals surface area contributed by atoms with Gasteiger partial charge in [0.15, 0.2) is 11.5 Å². The van der Waals surface area contributed by atoms with Gasteiger partial charge in [0.2, 0.25) is 5.91 Å². The van der Waals surface area contributed by atoms with Crippen LogP contribution < -0.4 is 14.8 Å². The van der Waals surface area contributed by atoms with Crippen LogP contribution in [0.1, 0.15) is 36.3 Å². The van der Waals surface area contributed by atoms with E-state index in [1.54, 1.807) is 0 Å². The summed E-state index contributed by atoms with van der Waals surface area (Å²) in [5.41, 5.74) is 2.09. The number of carbonyl (C=O) groups excluding carboxylic acids is 1. The summed E-state index contributed by atoms with van der Waals surface area (Å²) in [5, 5.41) is 3.68. The fourth-order valence-electron chi connectivity index (χ4n) is 3.45. The van der Waals surface area contributed by atoms with Crippen molar-refractivity contribution < 1.29 is 14.3 Å². The number of nitrogens with one attached hydrogen (secondary N) is 1. The number of halogens is 1. The summed E-state index contributed by atoms with van der Waals surface area (Å²) < 4.78 is 11.3. The van der Waals surface area contributed by atoms with Crippen LogP contribution in [0.15, 0.2) is 42.5 Å². The molecule has 1 heterocycles. The molecule has 2 aromatic rings. The van der Waals surface area contributed by atoms with Crippen molar-refractivity contribution in [2.45, 2.75) is 31.7 Å². The largest absolute Gasteiger partial charge is 0.486 e. The van der Waals surface area contributed by atoms with Gasteiger partial charge >= 0.3 is 0 Å². The highest BCUT2D eigenvalue weighted by Crippen LogP contribution is 2.46. The van der Waals surface area contributed by atoms with Gasteiger partial charge in [-0.2, -0.15) is 0 Å². The number of hydrogen-bond acceptors (Lipinski definition) is 3. The van der Waals surface area contributed by atoms with Gasteiger partial charge in [-0.05, 0) is 54.0 Å². The first-order valence-electron chi connectivity index (χ1n) is 9.10. The van der Waals surface area contributed by atoms with E-state index in [1.165, 1.54) is 12.8 Å². The smallest absolute Gasteiger partial charge is 0.220 e. The van der Waals surface area contributed by atoms with Crippen LogP contribution >= 0.6 is 11.6 Å². The number of rotatable bonds is 6. The lowest BCUT2D eigenvalue weighted by Gasteiger charge is -2.22. The number of ether oxygens (including phenoxy) is 2. The minimum absolute atomic E-state index is 0.0525. The quantitative estimate of drug-likeness (QED) is 0.823. The third-order valence-corrected chi connectivity index (χ3v) is 5.39. The fraction of sp³-hybridized carbons (Fsp3) is 0.381. The molecular weight excluding hydrogens is 350 g/mol. The zero-order valence-electron chi connectivity index (χ0n) is 14.5. The van der Waals surface area contributed by atoms with Crippen molar-refractivity contribution in [3.8, 4) is 11.5 Å². The van der Waals surface area contributed by atoms with Crippen molar-refractivity contribution >= 4 is 17.5 Å². The molecule has 5 heteroatoms. The highest BCUT2D eigenvalue weighted by Gasteiger charge is 2.34. The molecule has 1 unspecified atom stereocenters. The Kier molecular flexibility index (Phi) is 5.02. The van der Waals surface area contributed by atoms with E-state index in [0.717, 1.165) is 22.6 Å². The van der Waals surface area contributed by atoms with E-state index in [0.29, 0.717) is 37.1 Å². The monoisotopic (exact) mass is 371 g/mol. The summed E-state index contributed by atoms with van der Waals surface area (Å²) in [4.78, 5) is 12.5. The van der Waals surface area contributed by atoms with Gasteiger partial charge in [0.25, 0.3) is 0 Å². The van der Waals surface area contributed by atoms with Crippen molar-refractivity contribution in [2.75, 3.05) is 13.2 Å². The Morgan fingerprint density at radius 3 is 2.65 bits per heavy atom. The molecule has 1 amide bonds. The van der Waals surface area contributed by atoms with Crippen LogP contribution in [0, 0.1) is 5.92 Å². The number of amides is 1. The standard InChI is InChI=1S/C21H22ClNO3/c22-18-4-2-1-3-16(18)13-23-21(24)12-17(14-5-6-14)15-7-8-19-20(11-15)26-10-9-25-19/h1-4,7-8,11,14,17H,5-6,9-10,12-13H2,(H,23,24). The van der Waals surface area contributed by atoms with Crippen LogP contribution in [0.2, 0.25) is 5.02 Å². The van der Waals surface area contributed by atoms with Crippen LogP contribution in [-0.2, 0) is 11.3 Å². The summed E-state index contributed by atoms with van der Waals surface area (Å²) >= 11 is 6.16. The SMILES string of the molecule is O=C(CC(c1ccc2c(c1)OCCO2)C1CC1)NCc1ccccc1Cl. The van der Waals surface area contributed by atoms with E-state index in [4.69, 9.17) is 21.1 Å². The van der Waals surface area contributed by atoms with Gasteiger partial charge in [-0.25, -0.2) is 0 Å². The van der Waals surface area contributed by atoms with Gasteiger partial charge < -0.3 is 14.8 Å². The predicted octanol–water partition coefficient (Wildman–Crippen LogP) is 4.31. The lowest BCUT2D eigenvalue weighted by atomic mass is 9.90. The molecule has 1 N–H and O–H groups in total. The van der Waals surface area contributed by atoms with E-state index in [-0.39, 0.29) is 11.8 Å². The van der Waals surface area contributed by atoms with Crippen LogP contribution in [0.25, 0.3) is 0 Å². The predicted molar refractivity (Wildman–Crippen MR) is 101 cm³/mol. The zero-order chi connectivity index (χ0) is 17.9. The maximum atomic E-state index is 12.5. The third-order valence-electron chi connectivity index (χ3n) is 5.02. The first kappa shape index (κ1) is 17.2. The molecule has 136 valence electrons. The number of fused-ring (bicyclic) bond motifs is 1. The summed E-state index contributed by atoms with van der Waals surface area (Å²) in [6.07, 6.45) is 2.84. The zero-order valence-corrected chi connectivity index (χ0v) is 15.3. The van der Waals surface area contributed by atoms with Crippen molar-refractivity contribution in [1.29, 1.82) is 0 Å².